The quantitative estimate of drug-likeness (QED) is 0.606. The van der Waals surface area contributed by atoms with Crippen LogP contribution in [0.5, 0.6) is 0 Å². The Hall–Kier alpha value is -1.69. The van der Waals surface area contributed by atoms with Crippen LogP contribution in [-0.4, -0.2) is 41.0 Å². The summed E-state index contributed by atoms with van der Waals surface area (Å²) in [4.78, 5) is 16.8. The predicted molar refractivity (Wildman–Crippen MR) is 76.5 cm³/mol. The Morgan fingerprint density at radius 3 is 2.84 bits per heavy atom. The van der Waals surface area contributed by atoms with Crippen LogP contribution in [0.2, 0.25) is 0 Å². The Morgan fingerprint density at radius 2 is 2.26 bits per heavy atom. The first-order valence-electron chi connectivity index (χ1n) is 6.50. The highest BCUT2D eigenvalue weighted by Crippen LogP contribution is 2.19. The molecule has 0 aromatic carbocycles. The van der Waals surface area contributed by atoms with Crippen molar-refractivity contribution in [3.8, 4) is 0 Å². The van der Waals surface area contributed by atoms with Crippen LogP contribution in [0.15, 0.2) is 12.3 Å². The van der Waals surface area contributed by atoms with Crippen LogP contribution in [0.25, 0.3) is 0 Å². The van der Waals surface area contributed by atoms with E-state index in [1.165, 1.54) is 12.3 Å². The maximum atomic E-state index is 10.8. The molecule has 0 aliphatic carbocycles. The van der Waals surface area contributed by atoms with Gasteiger partial charge in [0.25, 0.3) is 5.69 Å². The second-order valence-corrected chi connectivity index (χ2v) is 4.78. The number of nitrogens with one attached hydrogen (secondary N) is 1. The molecule has 1 atom stereocenters. The third-order valence-electron chi connectivity index (χ3n) is 3.39. The predicted octanol–water partition coefficient (Wildman–Crippen LogP) is 2.44. The average Bonchev–Trinajstić information content (AvgIpc) is 2.39. The van der Waals surface area contributed by atoms with Gasteiger partial charge in [0.1, 0.15) is 5.82 Å². The van der Waals surface area contributed by atoms with E-state index in [1.54, 1.807) is 6.92 Å². The number of likely N-dealkylation sites (N-methyl/N-ethyl adjacent to an activating group) is 1. The minimum Gasteiger partial charge on any atom is -0.369 e. The molecule has 1 aromatic heterocycles. The Bertz CT molecular complexity index is 437. The van der Waals surface area contributed by atoms with Gasteiger partial charge >= 0.3 is 0 Å². The fraction of sp³-hybridized carbons (Fsp3) is 0.615. The zero-order valence-electron chi connectivity index (χ0n) is 12.0. The highest BCUT2D eigenvalue weighted by Gasteiger charge is 2.12. The van der Waals surface area contributed by atoms with Crippen molar-refractivity contribution in [2.75, 3.05) is 25.5 Å². The van der Waals surface area contributed by atoms with Crippen molar-refractivity contribution in [3.05, 3.63) is 27.9 Å². The summed E-state index contributed by atoms with van der Waals surface area (Å²) < 4.78 is 0. The van der Waals surface area contributed by atoms with Gasteiger partial charge in [-0.3, -0.25) is 10.1 Å². The normalized spacial score (nSPS) is 12.5. The molecule has 1 rings (SSSR count). The number of hydrogen-bond donors (Lipinski definition) is 1. The van der Waals surface area contributed by atoms with Crippen LogP contribution >= 0.6 is 0 Å². The second kappa shape index (κ2) is 7.04. The second-order valence-electron chi connectivity index (χ2n) is 4.78. The van der Waals surface area contributed by atoms with Crippen molar-refractivity contribution < 1.29 is 4.92 Å². The lowest BCUT2D eigenvalue weighted by molar-refractivity contribution is -0.385. The lowest BCUT2D eigenvalue weighted by Crippen LogP contribution is -2.32. The monoisotopic (exact) mass is 266 g/mol. The van der Waals surface area contributed by atoms with Crippen molar-refractivity contribution in [2.45, 2.75) is 33.2 Å². The molecule has 1 heterocycles. The summed E-state index contributed by atoms with van der Waals surface area (Å²) in [7, 11) is 2.07. The molecular formula is C13H22N4O2. The smallest absolute Gasteiger partial charge is 0.277 e. The van der Waals surface area contributed by atoms with E-state index in [2.05, 4.69) is 36.1 Å². The summed E-state index contributed by atoms with van der Waals surface area (Å²) in [6.07, 6.45) is 2.63. The van der Waals surface area contributed by atoms with Crippen molar-refractivity contribution in [1.82, 2.24) is 9.88 Å². The first-order valence-corrected chi connectivity index (χ1v) is 6.50. The van der Waals surface area contributed by atoms with Gasteiger partial charge in [0.15, 0.2) is 0 Å². The van der Waals surface area contributed by atoms with Crippen molar-refractivity contribution in [3.63, 3.8) is 0 Å². The Balaban J connectivity index is 2.54. The molecule has 0 saturated heterocycles. The molecule has 0 aliphatic heterocycles. The number of rotatable bonds is 7. The molecule has 6 heteroatoms. The Labute approximate surface area is 114 Å². The van der Waals surface area contributed by atoms with E-state index in [4.69, 9.17) is 0 Å². The molecule has 0 radical (unpaired) electrons. The van der Waals surface area contributed by atoms with E-state index in [1.807, 2.05) is 0 Å². The average molecular weight is 266 g/mol. The fourth-order valence-electron chi connectivity index (χ4n) is 1.70. The van der Waals surface area contributed by atoms with Crippen molar-refractivity contribution >= 4 is 11.5 Å². The maximum Gasteiger partial charge on any atom is 0.277 e. The molecule has 0 aliphatic rings. The van der Waals surface area contributed by atoms with Crippen LogP contribution in [0.4, 0.5) is 11.5 Å². The molecule has 0 spiro atoms. The topological polar surface area (TPSA) is 71.3 Å². The lowest BCUT2D eigenvalue weighted by atomic mass is 10.2. The summed E-state index contributed by atoms with van der Waals surface area (Å²) in [5.41, 5.74) is 0.681. The van der Waals surface area contributed by atoms with E-state index in [9.17, 15) is 10.1 Å². The first kappa shape index (κ1) is 15.4. The van der Waals surface area contributed by atoms with E-state index in [0.717, 1.165) is 13.0 Å². The van der Waals surface area contributed by atoms with E-state index in [0.29, 0.717) is 24.0 Å². The number of aromatic nitrogens is 1. The molecule has 6 nitrogen and oxygen atoms in total. The van der Waals surface area contributed by atoms with Crippen LogP contribution < -0.4 is 5.32 Å². The molecule has 1 aromatic rings. The fourth-order valence-corrected chi connectivity index (χ4v) is 1.70. The molecule has 106 valence electrons. The van der Waals surface area contributed by atoms with Gasteiger partial charge in [-0.1, -0.05) is 6.92 Å². The highest BCUT2D eigenvalue weighted by molar-refractivity contribution is 5.48. The molecule has 19 heavy (non-hydrogen) atoms. The molecule has 1 N–H and O–H groups in total. The number of nitrogens with zero attached hydrogens (tertiary/aromatic N) is 3. The van der Waals surface area contributed by atoms with Gasteiger partial charge in [-0.25, -0.2) is 4.98 Å². The molecule has 0 fully saturated rings. The van der Waals surface area contributed by atoms with Crippen LogP contribution in [0.3, 0.4) is 0 Å². The van der Waals surface area contributed by atoms with Crippen LogP contribution in [0.1, 0.15) is 25.8 Å². The van der Waals surface area contributed by atoms with Gasteiger partial charge < -0.3 is 10.2 Å². The summed E-state index contributed by atoms with van der Waals surface area (Å²) in [5, 5.41) is 13.9. The minimum atomic E-state index is -0.381. The summed E-state index contributed by atoms with van der Waals surface area (Å²) in [5.74, 6) is 0.551. The molecule has 0 saturated carbocycles. The molecule has 0 amide bonds. The molecule has 0 bridgehead atoms. The van der Waals surface area contributed by atoms with Gasteiger partial charge in [0.2, 0.25) is 0 Å². The third kappa shape index (κ3) is 4.48. The van der Waals surface area contributed by atoms with Gasteiger partial charge in [0, 0.05) is 30.9 Å². The van der Waals surface area contributed by atoms with Gasteiger partial charge in [0.05, 0.1) is 11.0 Å². The molecule has 1 unspecified atom stereocenters. The first-order chi connectivity index (χ1) is 8.95. The van der Waals surface area contributed by atoms with E-state index < -0.39 is 0 Å². The van der Waals surface area contributed by atoms with Crippen molar-refractivity contribution in [1.29, 1.82) is 0 Å². The number of aryl methyl sites for hydroxylation is 1. The summed E-state index contributed by atoms with van der Waals surface area (Å²) >= 11 is 0. The van der Waals surface area contributed by atoms with E-state index in [-0.39, 0.29) is 10.6 Å². The number of anilines is 1. The zero-order valence-corrected chi connectivity index (χ0v) is 12.0. The summed E-state index contributed by atoms with van der Waals surface area (Å²) in [6.45, 7) is 7.60. The number of pyridine rings is 1. The lowest BCUT2D eigenvalue weighted by Gasteiger charge is -2.23. The largest absolute Gasteiger partial charge is 0.369 e. The molecular weight excluding hydrogens is 244 g/mol. The Morgan fingerprint density at radius 1 is 1.58 bits per heavy atom. The zero-order chi connectivity index (χ0) is 14.4. The van der Waals surface area contributed by atoms with Crippen LogP contribution in [-0.2, 0) is 0 Å². The maximum absolute atomic E-state index is 10.8. The Kier molecular flexibility index (Phi) is 5.69. The third-order valence-corrected chi connectivity index (χ3v) is 3.39. The van der Waals surface area contributed by atoms with Crippen molar-refractivity contribution in [2.24, 2.45) is 0 Å². The minimum absolute atomic E-state index is 0.104. The standard InChI is InChI=1S/C13H22N4O2/c1-5-11(3)16(4)7-6-14-13-8-12(17(18)19)10(2)9-15-13/h8-9,11H,5-7H2,1-4H3,(H,14,15). The number of nitro groups is 1. The SMILES string of the molecule is CCC(C)N(C)CCNc1cc([N+](=O)[O-])c(C)cn1. The van der Waals surface area contributed by atoms with Gasteiger partial charge in [-0.05, 0) is 27.3 Å². The van der Waals surface area contributed by atoms with Gasteiger partial charge in [-0.15, -0.1) is 0 Å². The van der Waals surface area contributed by atoms with E-state index >= 15 is 0 Å². The summed E-state index contributed by atoms with van der Waals surface area (Å²) in [6, 6.07) is 2.01. The van der Waals surface area contributed by atoms with Crippen LogP contribution in [0, 0.1) is 17.0 Å². The number of hydrogen-bond acceptors (Lipinski definition) is 5. The highest BCUT2D eigenvalue weighted by atomic mass is 16.6. The van der Waals surface area contributed by atoms with Gasteiger partial charge in [-0.2, -0.15) is 0 Å².